The fourth-order valence-electron chi connectivity index (χ4n) is 2.55. The Kier molecular flexibility index (Phi) is 5.81. The van der Waals surface area contributed by atoms with E-state index in [0.29, 0.717) is 26.8 Å². The highest BCUT2D eigenvalue weighted by Gasteiger charge is 2.18. The van der Waals surface area contributed by atoms with Crippen LogP contribution in [0.25, 0.3) is 11.0 Å². The molecule has 0 saturated heterocycles. The van der Waals surface area contributed by atoms with Crippen LogP contribution in [0.5, 0.6) is 0 Å². The quantitative estimate of drug-likeness (QED) is 0.629. The van der Waals surface area contributed by atoms with Gasteiger partial charge in [-0.05, 0) is 36.4 Å². The maximum absolute atomic E-state index is 12.7. The number of amides is 2. The Bertz CT molecular complexity index is 1060. The second-order valence-electron chi connectivity index (χ2n) is 5.99. The molecule has 2 N–H and O–H groups in total. The third-order valence-electron chi connectivity index (χ3n) is 3.88. The van der Waals surface area contributed by atoms with Crippen LogP contribution in [0.15, 0.2) is 36.4 Å². The first kappa shape index (κ1) is 20.0. The summed E-state index contributed by atoms with van der Waals surface area (Å²) in [5.41, 5.74) is 1.32. The molecule has 0 atom stereocenters. The average molecular weight is 427 g/mol. The van der Waals surface area contributed by atoms with Crippen molar-refractivity contribution in [2.24, 2.45) is 0 Å². The highest BCUT2D eigenvalue weighted by molar-refractivity contribution is 6.42. The number of halogens is 4. The van der Waals surface area contributed by atoms with E-state index in [2.05, 4.69) is 15.3 Å². The van der Waals surface area contributed by atoms with Crippen molar-refractivity contribution in [2.45, 2.75) is 6.43 Å². The van der Waals surface area contributed by atoms with Crippen molar-refractivity contribution >= 4 is 51.7 Å². The average Bonchev–Trinajstić information content (AvgIpc) is 3.07. The summed E-state index contributed by atoms with van der Waals surface area (Å²) >= 11 is 11.7. The largest absolute Gasteiger partial charge is 0.337 e. The van der Waals surface area contributed by atoms with Crippen molar-refractivity contribution in [3.8, 4) is 0 Å². The summed E-state index contributed by atoms with van der Waals surface area (Å²) in [6.07, 6.45) is -2.74. The standard InChI is InChI=1S/C18H14Cl2F2N4O2/c1-26(8-15(27)23-10-3-4-11(19)12(20)7-10)18(28)9-2-5-13-14(6-9)25-17(24-13)16(21)22/h2-7,16H,8H2,1H3,(H,23,27)(H,24,25). The molecule has 0 fully saturated rings. The molecule has 2 aromatic carbocycles. The summed E-state index contributed by atoms with van der Waals surface area (Å²) in [7, 11) is 1.46. The van der Waals surface area contributed by atoms with Crippen LogP contribution < -0.4 is 5.32 Å². The van der Waals surface area contributed by atoms with Crippen molar-refractivity contribution in [3.63, 3.8) is 0 Å². The highest BCUT2D eigenvalue weighted by Crippen LogP contribution is 2.25. The van der Waals surface area contributed by atoms with E-state index in [4.69, 9.17) is 23.2 Å². The molecule has 0 aliphatic carbocycles. The molecule has 0 radical (unpaired) electrons. The molecule has 0 aliphatic heterocycles. The molecule has 6 nitrogen and oxygen atoms in total. The van der Waals surface area contributed by atoms with Gasteiger partial charge in [-0.2, -0.15) is 0 Å². The van der Waals surface area contributed by atoms with Crippen molar-refractivity contribution in [1.29, 1.82) is 0 Å². The Morgan fingerprint density at radius 2 is 1.93 bits per heavy atom. The van der Waals surface area contributed by atoms with Crippen LogP contribution in [0.4, 0.5) is 14.5 Å². The Hall–Kier alpha value is -2.71. The lowest BCUT2D eigenvalue weighted by Gasteiger charge is -2.17. The number of imidazole rings is 1. The zero-order chi connectivity index (χ0) is 20.4. The number of aromatic amines is 1. The number of anilines is 1. The van der Waals surface area contributed by atoms with Crippen LogP contribution in [0, 0.1) is 0 Å². The molecule has 0 spiro atoms. The van der Waals surface area contributed by atoms with Gasteiger partial charge in [0.25, 0.3) is 12.3 Å². The Labute approximate surface area is 168 Å². The fourth-order valence-corrected chi connectivity index (χ4v) is 2.85. The van der Waals surface area contributed by atoms with Crippen LogP contribution in [-0.4, -0.2) is 40.3 Å². The summed E-state index contributed by atoms with van der Waals surface area (Å²) in [5, 5.41) is 3.27. The third kappa shape index (κ3) is 4.40. The number of H-pyrrole nitrogens is 1. The number of aromatic nitrogens is 2. The Morgan fingerprint density at radius 1 is 1.18 bits per heavy atom. The summed E-state index contributed by atoms with van der Waals surface area (Å²) < 4.78 is 25.5. The van der Waals surface area contributed by atoms with Gasteiger partial charge in [0, 0.05) is 18.3 Å². The number of carbonyl (C=O) groups is 2. The lowest BCUT2D eigenvalue weighted by Crippen LogP contribution is -2.34. The Morgan fingerprint density at radius 3 is 2.61 bits per heavy atom. The minimum atomic E-state index is -2.74. The monoisotopic (exact) mass is 426 g/mol. The smallest absolute Gasteiger partial charge is 0.295 e. The molecule has 146 valence electrons. The second-order valence-corrected chi connectivity index (χ2v) is 6.81. The molecule has 0 aliphatic rings. The maximum atomic E-state index is 12.7. The van der Waals surface area contributed by atoms with Gasteiger partial charge in [0.05, 0.1) is 27.6 Å². The van der Waals surface area contributed by atoms with E-state index in [9.17, 15) is 18.4 Å². The predicted octanol–water partition coefficient (Wildman–Crippen LogP) is 4.52. The van der Waals surface area contributed by atoms with Gasteiger partial charge in [-0.3, -0.25) is 9.59 Å². The van der Waals surface area contributed by atoms with Gasteiger partial charge < -0.3 is 15.2 Å². The van der Waals surface area contributed by atoms with Gasteiger partial charge in [0.2, 0.25) is 5.91 Å². The van der Waals surface area contributed by atoms with Gasteiger partial charge in [0.15, 0.2) is 5.82 Å². The number of nitrogens with one attached hydrogen (secondary N) is 2. The maximum Gasteiger partial charge on any atom is 0.295 e. The van der Waals surface area contributed by atoms with Crippen LogP contribution in [-0.2, 0) is 4.79 Å². The van der Waals surface area contributed by atoms with Crippen LogP contribution in [0.2, 0.25) is 10.0 Å². The molecule has 3 aromatic rings. The third-order valence-corrected chi connectivity index (χ3v) is 4.62. The number of fused-ring (bicyclic) bond motifs is 1. The zero-order valence-corrected chi connectivity index (χ0v) is 16.0. The Balaban J connectivity index is 1.68. The van der Waals surface area contributed by atoms with Gasteiger partial charge >= 0.3 is 0 Å². The summed E-state index contributed by atoms with van der Waals surface area (Å²) in [6, 6.07) is 8.98. The van der Waals surface area contributed by atoms with E-state index in [-0.39, 0.29) is 12.1 Å². The van der Waals surface area contributed by atoms with Gasteiger partial charge in [-0.1, -0.05) is 23.2 Å². The lowest BCUT2D eigenvalue weighted by atomic mass is 10.2. The second kappa shape index (κ2) is 8.12. The molecule has 10 heteroatoms. The van der Waals surface area contributed by atoms with Gasteiger partial charge in [0.1, 0.15) is 0 Å². The number of rotatable bonds is 5. The van der Waals surface area contributed by atoms with E-state index >= 15 is 0 Å². The van der Waals surface area contributed by atoms with Crippen molar-refractivity contribution in [2.75, 3.05) is 18.9 Å². The zero-order valence-electron chi connectivity index (χ0n) is 14.5. The van der Waals surface area contributed by atoms with Crippen molar-refractivity contribution in [1.82, 2.24) is 14.9 Å². The molecule has 1 heterocycles. The summed E-state index contributed by atoms with van der Waals surface area (Å²) in [6.45, 7) is -0.220. The van der Waals surface area contributed by atoms with E-state index in [1.54, 1.807) is 12.1 Å². The molecule has 0 saturated carbocycles. The van der Waals surface area contributed by atoms with Crippen LogP contribution in [0.3, 0.4) is 0 Å². The molecule has 0 unspecified atom stereocenters. The first-order chi connectivity index (χ1) is 13.2. The molecule has 0 bridgehead atoms. The number of benzene rings is 2. The first-order valence-electron chi connectivity index (χ1n) is 8.03. The number of hydrogen-bond acceptors (Lipinski definition) is 3. The molecule has 28 heavy (non-hydrogen) atoms. The SMILES string of the molecule is CN(CC(=O)Nc1ccc(Cl)c(Cl)c1)C(=O)c1ccc2nc(C(F)F)[nH]c2c1. The molecular weight excluding hydrogens is 413 g/mol. The predicted molar refractivity (Wildman–Crippen MR) is 103 cm³/mol. The minimum Gasteiger partial charge on any atom is -0.337 e. The first-order valence-corrected chi connectivity index (χ1v) is 8.78. The molecular formula is C18H14Cl2F2N4O2. The van der Waals surface area contributed by atoms with Gasteiger partial charge in [-0.25, -0.2) is 13.8 Å². The summed E-state index contributed by atoms with van der Waals surface area (Å²) in [4.78, 5) is 32.1. The number of nitrogens with zero attached hydrogens (tertiary/aromatic N) is 2. The normalized spacial score (nSPS) is 11.1. The number of likely N-dealkylation sites (N-methyl/N-ethyl adjacent to an activating group) is 1. The molecule has 1 aromatic heterocycles. The number of alkyl halides is 2. The topological polar surface area (TPSA) is 78.1 Å². The van der Waals surface area contributed by atoms with Crippen molar-refractivity contribution < 1.29 is 18.4 Å². The van der Waals surface area contributed by atoms with Gasteiger partial charge in [-0.15, -0.1) is 0 Å². The van der Waals surface area contributed by atoms with E-state index in [1.807, 2.05) is 0 Å². The molecule has 3 rings (SSSR count). The summed E-state index contributed by atoms with van der Waals surface area (Å²) in [5.74, 6) is -1.34. The van der Waals surface area contributed by atoms with E-state index < -0.39 is 24.1 Å². The number of carbonyl (C=O) groups excluding carboxylic acids is 2. The number of hydrogen-bond donors (Lipinski definition) is 2. The lowest BCUT2D eigenvalue weighted by molar-refractivity contribution is -0.116. The fraction of sp³-hybridized carbons (Fsp3) is 0.167. The highest BCUT2D eigenvalue weighted by atomic mass is 35.5. The van der Waals surface area contributed by atoms with E-state index in [1.165, 1.54) is 36.2 Å². The van der Waals surface area contributed by atoms with Crippen molar-refractivity contribution in [3.05, 3.63) is 57.8 Å². The van der Waals surface area contributed by atoms with Crippen LogP contribution >= 0.6 is 23.2 Å². The molecule has 2 amide bonds. The van der Waals surface area contributed by atoms with Crippen LogP contribution in [0.1, 0.15) is 22.6 Å². The minimum absolute atomic E-state index is 0.220. The van der Waals surface area contributed by atoms with E-state index in [0.717, 1.165) is 0 Å².